The first-order chi connectivity index (χ1) is 12.5. The molecule has 3 rings (SSSR count). The number of terminal acetylenes is 1. The predicted octanol–water partition coefficient (Wildman–Crippen LogP) is 3.15. The molecule has 5 nitrogen and oxygen atoms in total. The molecule has 1 heterocycles. The van der Waals surface area contributed by atoms with Gasteiger partial charge in [0.25, 0.3) is 5.91 Å². The van der Waals surface area contributed by atoms with Gasteiger partial charge in [0.1, 0.15) is 11.3 Å². The van der Waals surface area contributed by atoms with Crippen molar-refractivity contribution < 1.29 is 9.53 Å². The van der Waals surface area contributed by atoms with Crippen LogP contribution in [0.1, 0.15) is 10.4 Å². The summed E-state index contributed by atoms with van der Waals surface area (Å²) in [5.74, 6) is 3.03. The summed E-state index contributed by atoms with van der Waals surface area (Å²) in [4.78, 5) is 19.5. The van der Waals surface area contributed by atoms with Gasteiger partial charge < -0.3 is 14.2 Å². The standard InChI is InChI=1S/C20H19N3O2S/c1-5-13-23-18-16(25-4)7-6-8-17(18)26-20(23)21-19(24)14-9-11-15(12-10-14)22(2)3/h1,6-12H,13H2,2-4H3. The average molecular weight is 365 g/mol. The Bertz CT molecular complexity index is 1050. The number of rotatable bonds is 4. The number of aromatic nitrogens is 1. The lowest BCUT2D eigenvalue weighted by atomic mass is 10.2. The summed E-state index contributed by atoms with van der Waals surface area (Å²) in [6, 6.07) is 13.1. The van der Waals surface area contributed by atoms with Crippen LogP contribution in [-0.2, 0) is 6.54 Å². The van der Waals surface area contributed by atoms with Gasteiger partial charge in [-0.25, -0.2) is 0 Å². The van der Waals surface area contributed by atoms with Crippen LogP contribution in [0.4, 0.5) is 5.69 Å². The van der Waals surface area contributed by atoms with Gasteiger partial charge in [-0.05, 0) is 36.4 Å². The molecule has 0 aliphatic heterocycles. The van der Waals surface area contributed by atoms with Crippen LogP contribution in [0.5, 0.6) is 5.75 Å². The highest BCUT2D eigenvalue weighted by Crippen LogP contribution is 2.27. The second-order valence-corrected chi connectivity index (χ2v) is 6.85. The maximum Gasteiger partial charge on any atom is 0.279 e. The fourth-order valence-corrected chi connectivity index (χ4v) is 3.68. The maximum absolute atomic E-state index is 12.6. The Hall–Kier alpha value is -3.04. The fourth-order valence-electron chi connectivity index (χ4n) is 2.64. The average Bonchev–Trinajstić information content (AvgIpc) is 2.99. The third kappa shape index (κ3) is 3.35. The van der Waals surface area contributed by atoms with Crippen molar-refractivity contribution in [2.45, 2.75) is 6.54 Å². The highest BCUT2D eigenvalue weighted by molar-refractivity contribution is 7.16. The number of carbonyl (C=O) groups excluding carboxylic acids is 1. The topological polar surface area (TPSA) is 46.8 Å². The van der Waals surface area contributed by atoms with Gasteiger partial charge in [-0.15, -0.1) is 6.42 Å². The van der Waals surface area contributed by atoms with E-state index in [0.717, 1.165) is 15.9 Å². The predicted molar refractivity (Wildman–Crippen MR) is 106 cm³/mol. The van der Waals surface area contributed by atoms with Gasteiger partial charge in [-0.1, -0.05) is 23.3 Å². The summed E-state index contributed by atoms with van der Waals surface area (Å²) in [6.45, 7) is 0.312. The third-order valence-electron chi connectivity index (χ3n) is 3.96. The van der Waals surface area contributed by atoms with Crippen LogP contribution in [0.25, 0.3) is 10.2 Å². The zero-order chi connectivity index (χ0) is 18.7. The van der Waals surface area contributed by atoms with Gasteiger partial charge in [-0.3, -0.25) is 4.79 Å². The van der Waals surface area contributed by atoms with Gasteiger partial charge in [-0.2, -0.15) is 4.99 Å². The second-order valence-electron chi connectivity index (χ2n) is 5.84. The number of hydrogen-bond donors (Lipinski definition) is 0. The van der Waals surface area contributed by atoms with Crippen molar-refractivity contribution in [1.82, 2.24) is 4.57 Å². The summed E-state index contributed by atoms with van der Waals surface area (Å²) < 4.78 is 8.24. The van der Waals surface area contributed by atoms with Crippen LogP contribution >= 0.6 is 11.3 Å². The van der Waals surface area contributed by atoms with Gasteiger partial charge in [0, 0.05) is 25.3 Å². The van der Waals surface area contributed by atoms with Crippen LogP contribution in [0.15, 0.2) is 47.5 Å². The Kier molecular flexibility index (Phi) is 5.10. The zero-order valence-electron chi connectivity index (χ0n) is 14.9. The zero-order valence-corrected chi connectivity index (χ0v) is 15.7. The molecule has 0 radical (unpaired) electrons. The van der Waals surface area contributed by atoms with Crippen molar-refractivity contribution in [1.29, 1.82) is 0 Å². The van der Waals surface area contributed by atoms with Crippen LogP contribution in [0.2, 0.25) is 0 Å². The lowest BCUT2D eigenvalue weighted by molar-refractivity contribution is 0.0998. The number of thiazole rings is 1. The number of nitrogens with zero attached hydrogens (tertiary/aromatic N) is 3. The van der Waals surface area contributed by atoms with Crippen molar-refractivity contribution >= 4 is 33.1 Å². The highest BCUT2D eigenvalue weighted by atomic mass is 32.1. The largest absolute Gasteiger partial charge is 0.495 e. The smallest absolute Gasteiger partial charge is 0.279 e. The number of hydrogen-bond acceptors (Lipinski definition) is 4. The van der Waals surface area contributed by atoms with Gasteiger partial charge in [0.15, 0.2) is 4.80 Å². The molecule has 0 unspecified atom stereocenters. The summed E-state index contributed by atoms with van der Waals surface area (Å²) in [7, 11) is 5.52. The van der Waals surface area contributed by atoms with Gasteiger partial charge in [0.2, 0.25) is 0 Å². The monoisotopic (exact) mass is 365 g/mol. The van der Waals surface area contributed by atoms with Crippen molar-refractivity contribution in [3.8, 4) is 18.1 Å². The number of methoxy groups -OCH3 is 1. The molecule has 0 aliphatic carbocycles. The van der Waals surface area contributed by atoms with E-state index in [2.05, 4.69) is 10.9 Å². The SMILES string of the molecule is C#CCn1c(=NC(=O)c2ccc(N(C)C)cc2)sc2cccc(OC)c21. The molecule has 0 atom stereocenters. The third-order valence-corrected chi connectivity index (χ3v) is 5.00. The molecule has 0 bridgehead atoms. The molecule has 0 fully saturated rings. The first kappa shape index (κ1) is 17.8. The molecule has 0 saturated heterocycles. The van der Waals surface area contributed by atoms with E-state index in [1.54, 1.807) is 19.2 Å². The first-order valence-electron chi connectivity index (χ1n) is 8.01. The van der Waals surface area contributed by atoms with Crippen molar-refractivity contribution in [3.05, 3.63) is 52.8 Å². The van der Waals surface area contributed by atoms with E-state index in [0.29, 0.717) is 22.7 Å². The summed E-state index contributed by atoms with van der Waals surface area (Å²) >= 11 is 1.42. The Labute approximate surface area is 156 Å². The van der Waals surface area contributed by atoms with Gasteiger partial charge in [0.05, 0.1) is 18.4 Å². The molecule has 0 aliphatic rings. The minimum Gasteiger partial charge on any atom is -0.495 e. The fraction of sp³-hybridized carbons (Fsp3) is 0.200. The van der Waals surface area contributed by atoms with Crippen molar-refractivity contribution in [3.63, 3.8) is 0 Å². The first-order valence-corrected chi connectivity index (χ1v) is 8.83. The number of ether oxygens (including phenoxy) is 1. The van der Waals surface area contributed by atoms with E-state index in [1.807, 2.05) is 53.9 Å². The summed E-state index contributed by atoms with van der Waals surface area (Å²) in [5, 5.41) is 0. The second kappa shape index (κ2) is 7.46. The van der Waals surface area contributed by atoms with E-state index in [-0.39, 0.29) is 5.91 Å². The minimum atomic E-state index is -0.299. The lowest BCUT2D eigenvalue weighted by Crippen LogP contribution is -2.17. The van der Waals surface area contributed by atoms with Gasteiger partial charge >= 0.3 is 0 Å². The number of fused-ring (bicyclic) bond motifs is 1. The molecule has 1 aromatic heterocycles. The van der Waals surface area contributed by atoms with Crippen molar-refractivity contribution in [2.75, 3.05) is 26.1 Å². The molecular formula is C20H19N3O2S. The minimum absolute atomic E-state index is 0.299. The summed E-state index contributed by atoms with van der Waals surface area (Å²) in [6.07, 6.45) is 5.52. The quantitative estimate of drug-likeness (QED) is 0.667. The van der Waals surface area contributed by atoms with Crippen molar-refractivity contribution in [2.24, 2.45) is 4.99 Å². The van der Waals surface area contributed by atoms with Crippen LogP contribution in [-0.4, -0.2) is 31.7 Å². The Balaban J connectivity index is 2.10. The Morgan fingerprint density at radius 1 is 1.27 bits per heavy atom. The lowest BCUT2D eigenvalue weighted by Gasteiger charge is -2.11. The molecule has 3 aromatic rings. The maximum atomic E-state index is 12.6. The molecule has 2 aromatic carbocycles. The van der Waals surface area contributed by atoms with E-state index < -0.39 is 0 Å². The molecule has 0 spiro atoms. The number of anilines is 1. The highest BCUT2D eigenvalue weighted by Gasteiger charge is 2.12. The number of benzene rings is 2. The van der Waals surface area contributed by atoms with E-state index in [9.17, 15) is 4.79 Å². The van der Waals surface area contributed by atoms with Crippen LogP contribution < -0.4 is 14.4 Å². The molecule has 6 heteroatoms. The molecule has 0 saturated carbocycles. The van der Waals surface area contributed by atoms with Crippen LogP contribution in [0.3, 0.4) is 0 Å². The van der Waals surface area contributed by atoms with E-state index >= 15 is 0 Å². The molecule has 132 valence electrons. The Morgan fingerprint density at radius 2 is 2.00 bits per heavy atom. The number of para-hydroxylation sites is 1. The molecule has 26 heavy (non-hydrogen) atoms. The Morgan fingerprint density at radius 3 is 2.62 bits per heavy atom. The van der Waals surface area contributed by atoms with E-state index in [1.165, 1.54) is 11.3 Å². The summed E-state index contributed by atoms with van der Waals surface area (Å²) in [5.41, 5.74) is 2.41. The number of amides is 1. The molecule has 1 amide bonds. The molecular weight excluding hydrogens is 346 g/mol. The number of carbonyl (C=O) groups is 1. The molecule has 0 N–H and O–H groups in total. The van der Waals surface area contributed by atoms with E-state index in [4.69, 9.17) is 11.2 Å². The van der Waals surface area contributed by atoms with Crippen LogP contribution in [0, 0.1) is 12.3 Å². The normalized spacial score (nSPS) is 11.4.